The molecule has 0 unspecified atom stereocenters. The number of nitrogens with zero attached hydrogens (tertiary/aromatic N) is 1. The molecule has 1 aromatic heterocycles. The van der Waals surface area contributed by atoms with Crippen molar-refractivity contribution >= 4 is 5.97 Å². The van der Waals surface area contributed by atoms with Crippen molar-refractivity contribution in [3.8, 4) is 0 Å². The van der Waals surface area contributed by atoms with E-state index in [9.17, 15) is 4.79 Å². The SMILES string of the molecule is CCCCc1conc1C(=O)OCC. The van der Waals surface area contributed by atoms with Crippen LogP contribution in [0.3, 0.4) is 0 Å². The maximum Gasteiger partial charge on any atom is 0.360 e. The van der Waals surface area contributed by atoms with Crippen molar-refractivity contribution in [2.75, 3.05) is 6.61 Å². The Morgan fingerprint density at radius 3 is 3.00 bits per heavy atom. The zero-order valence-electron chi connectivity index (χ0n) is 8.58. The van der Waals surface area contributed by atoms with Gasteiger partial charge in [0, 0.05) is 5.56 Å². The van der Waals surface area contributed by atoms with E-state index in [-0.39, 0.29) is 0 Å². The first kappa shape index (κ1) is 10.8. The molecular weight excluding hydrogens is 182 g/mol. The second-order valence-corrected chi connectivity index (χ2v) is 3.01. The summed E-state index contributed by atoms with van der Waals surface area (Å²) in [5.74, 6) is -0.396. The highest BCUT2D eigenvalue weighted by Gasteiger charge is 2.16. The summed E-state index contributed by atoms with van der Waals surface area (Å²) in [5, 5.41) is 3.64. The summed E-state index contributed by atoms with van der Waals surface area (Å²) in [6.07, 6.45) is 4.43. The number of aromatic nitrogens is 1. The zero-order valence-corrected chi connectivity index (χ0v) is 8.58. The van der Waals surface area contributed by atoms with Gasteiger partial charge in [0.1, 0.15) is 6.26 Å². The summed E-state index contributed by atoms with van der Waals surface area (Å²) in [7, 11) is 0. The first-order chi connectivity index (χ1) is 6.79. The molecule has 4 heteroatoms. The standard InChI is InChI=1S/C10H15NO3/c1-3-5-6-8-7-14-11-9(8)10(12)13-4-2/h7H,3-6H2,1-2H3. The average Bonchev–Trinajstić information content (AvgIpc) is 2.63. The molecule has 0 aliphatic carbocycles. The molecular formula is C10H15NO3. The second kappa shape index (κ2) is 5.42. The number of carbonyl (C=O) groups is 1. The highest BCUT2D eigenvalue weighted by Crippen LogP contribution is 2.11. The molecule has 0 N–H and O–H groups in total. The van der Waals surface area contributed by atoms with Gasteiger partial charge in [-0.1, -0.05) is 18.5 Å². The first-order valence-corrected chi connectivity index (χ1v) is 4.90. The van der Waals surface area contributed by atoms with Gasteiger partial charge >= 0.3 is 5.97 Å². The van der Waals surface area contributed by atoms with Crippen molar-refractivity contribution < 1.29 is 14.1 Å². The van der Waals surface area contributed by atoms with Crippen molar-refractivity contribution in [3.05, 3.63) is 17.5 Å². The van der Waals surface area contributed by atoms with Gasteiger partial charge in [0.2, 0.25) is 0 Å². The summed E-state index contributed by atoms with van der Waals surface area (Å²) >= 11 is 0. The minimum absolute atomic E-state index is 0.320. The topological polar surface area (TPSA) is 52.3 Å². The Kier molecular flexibility index (Phi) is 4.16. The van der Waals surface area contributed by atoms with Gasteiger partial charge < -0.3 is 9.26 Å². The second-order valence-electron chi connectivity index (χ2n) is 3.01. The quantitative estimate of drug-likeness (QED) is 0.679. The Labute approximate surface area is 83.2 Å². The predicted octanol–water partition coefficient (Wildman–Crippen LogP) is 2.19. The fourth-order valence-electron chi connectivity index (χ4n) is 1.17. The van der Waals surface area contributed by atoms with Crippen LogP contribution >= 0.6 is 0 Å². The maximum atomic E-state index is 11.3. The van der Waals surface area contributed by atoms with Crippen LogP contribution in [0.25, 0.3) is 0 Å². The van der Waals surface area contributed by atoms with Crippen molar-refractivity contribution in [3.63, 3.8) is 0 Å². The van der Waals surface area contributed by atoms with E-state index in [4.69, 9.17) is 9.26 Å². The lowest BCUT2D eigenvalue weighted by Gasteiger charge is -1.99. The van der Waals surface area contributed by atoms with E-state index >= 15 is 0 Å². The van der Waals surface area contributed by atoms with Gasteiger partial charge in [-0.15, -0.1) is 0 Å². The smallest absolute Gasteiger partial charge is 0.360 e. The number of ether oxygens (including phenoxy) is 1. The van der Waals surface area contributed by atoms with Gasteiger partial charge in [0.25, 0.3) is 0 Å². The molecule has 0 saturated heterocycles. The van der Waals surface area contributed by atoms with E-state index in [0.717, 1.165) is 24.8 Å². The molecule has 4 nitrogen and oxygen atoms in total. The number of esters is 1. The molecule has 14 heavy (non-hydrogen) atoms. The van der Waals surface area contributed by atoms with Crippen molar-refractivity contribution in [2.45, 2.75) is 33.1 Å². The number of unbranched alkanes of at least 4 members (excludes halogenated alkanes) is 1. The minimum atomic E-state index is -0.396. The van der Waals surface area contributed by atoms with E-state index in [1.165, 1.54) is 6.26 Å². The van der Waals surface area contributed by atoms with Gasteiger partial charge in [-0.05, 0) is 19.8 Å². The summed E-state index contributed by atoms with van der Waals surface area (Å²) in [6.45, 7) is 4.22. The Morgan fingerprint density at radius 1 is 1.57 bits per heavy atom. The molecule has 0 spiro atoms. The van der Waals surface area contributed by atoms with Crippen molar-refractivity contribution in [1.82, 2.24) is 5.16 Å². The van der Waals surface area contributed by atoms with E-state index in [1.54, 1.807) is 6.92 Å². The van der Waals surface area contributed by atoms with Crippen LogP contribution in [0.5, 0.6) is 0 Å². The molecule has 0 amide bonds. The number of hydrogen-bond acceptors (Lipinski definition) is 4. The van der Waals surface area contributed by atoms with Crippen LogP contribution in [0, 0.1) is 0 Å². The van der Waals surface area contributed by atoms with Crippen molar-refractivity contribution in [1.29, 1.82) is 0 Å². The van der Waals surface area contributed by atoms with Gasteiger partial charge in [-0.25, -0.2) is 4.79 Å². The first-order valence-electron chi connectivity index (χ1n) is 4.90. The number of aryl methyl sites for hydroxylation is 1. The normalized spacial score (nSPS) is 10.1. The molecule has 0 radical (unpaired) electrons. The molecule has 1 rings (SSSR count). The Morgan fingerprint density at radius 2 is 2.36 bits per heavy atom. The van der Waals surface area contributed by atoms with Crippen LogP contribution in [0.2, 0.25) is 0 Å². The van der Waals surface area contributed by atoms with Gasteiger partial charge in [0.15, 0.2) is 5.69 Å². The lowest BCUT2D eigenvalue weighted by Crippen LogP contribution is -2.07. The largest absolute Gasteiger partial charge is 0.461 e. The van der Waals surface area contributed by atoms with E-state index < -0.39 is 5.97 Å². The third kappa shape index (κ3) is 2.58. The summed E-state index contributed by atoms with van der Waals surface area (Å²) in [4.78, 5) is 11.3. The van der Waals surface area contributed by atoms with E-state index in [1.807, 2.05) is 0 Å². The molecule has 0 fully saturated rings. The number of carbonyl (C=O) groups excluding carboxylic acids is 1. The molecule has 0 bridgehead atoms. The Balaban J connectivity index is 2.66. The summed E-state index contributed by atoms with van der Waals surface area (Å²) in [5.41, 5.74) is 1.16. The zero-order chi connectivity index (χ0) is 10.4. The monoisotopic (exact) mass is 197 g/mol. The fraction of sp³-hybridized carbons (Fsp3) is 0.600. The van der Waals surface area contributed by atoms with Crippen LogP contribution in [-0.4, -0.2) is 17.7 Å². The van der Waals surface area contributed by atoms with Gasteiger partial charge in [0.05, 0.1) is 6.61 Å². The minimum Gasteiger partial charge on any atom is -0.461 e. The van der Waals surface area contributed by atoms with E-state index in [2.05, 4.69) is 12.1 Å². The van der Waals surface area contributed by atoms with Crippen LogP contribution in [-0.2, 0) is 11.2 Å². The maximum absolute atomic E-state index is 11.3. The molecule has 0 aliphatic rings. The van der Waals surface area contributed by atoms with Crippen LogP contribution in [0.15, 0.2) is 10.8 Å². The molecule has 0 atom stereocenters. The molecule has 0 aliphatic heterocycles. The Bertz CT molecular complexity index is 293. The van der Waals surface area contributed by atoms with Crippen LogP contribution in [0.1, 0.15) is 42.7 Å². The average molecular weight is 197 g/mol. The van der Waals surface area contributed by atoms with Gasteiger partial charge in [-0.3, -0.25) is 0 Å². The number of rotatable bonds is 5. The lowest BCUT2D eigenvalue weighted by atomic mass is 10.1. The molecule has 1 heterocycles. The summed E-state index contributed by atoms with van der Waals surface area (Å²) in [6, 6.07) is 0. The third-order valence-electron chi connectivity index (χ3n) is 1.91. The third-order valence-corrected chi connectivity index (χ3v) is 1.91. The van der Waals surface area contributed by atoms with Crippen LogP contribution < -0.4 is 0 Å². The van der Waals surface area contributed by atoms with Crippen LogP contribution in [0.4, 0.5) is 0 Å². The van der Waals surface area contributed by atoms with Crippen molar-refractivity contribution in [2.24, 2.45) is 0 Å². The predicted molar refractivity (Wildman–Crippen MR) is 51.1 cm³/mol. The summed E-state index contributed by atoms with van der Waals surface area (Å²) < 4.78 is 9.60. The molecule has 1 aromatic rings. The lowest BCUT2D eigenvalue weighted by molar-refractivity contribution is 0.0513. The highest BCUT2D eigenvalue weighted by atomic mass is 16.5. The van der Waals surface area contributed by atoms with E-state index in [0.29, 0.717) is 12.3 Å². The Hall–Kier alpha value is -1.32. The molecule has 0 aromatic carbocycles. The van der Waals surface area contributed by atoms with Gasteiger partial charge in [-0.2, -0.15) is 0 Å². The molecule has 78 valence electrons. The highest BCUT2D eigenvalue weighted by molar-refractivity contribution is 5.88. The fourth-order valence-corrected chi connectivity index (χ4v) is 1.17. The number of hydrogen-bond donors (Lipinski definition) is 0. The molecule has 0 saturated carbocycles.